The monoisotopic (exact) mass is 224 g/mol. The Hall–Kier alpha value is -0.570. The van der Waals surface area contributed by atoms with Crippen molar-refractivity contribution in [1.29, 1.82) is 0 Å². The van der Waals surface area contributed by atoms with E-state index in [-0.39, 0.29) is 17.9 Å². The Kier molecular flexibility index (Phi) is 4.22. The number of amides is 1. The zero-order chi connectivity index (χ0) is 11.4. The zero-order valence-electron chi connectivity index (χ0n) is 10.1. The number of carbonyl (C=O) groups excluding carboxylic acids is 1. The van der Waals surface area contributed by atoms with Gasteiger partial charge in [0.1, 0.15) is 0 Å². The Balaban J connectivity index is 1.63. The molecule has 3 N–H and O–H groups in total. The standard InChI is InChI=1S/C13H24N2O/c14-12-7-3-6-11(12)13(16)15-9-8-10-4-1-2-5-10/h10-12H,1-9,14H2,(H,15,16). The maximum absolute atomic E-state index is 11.8. The van der Waals surface area contributed by atoms with Crippen molar-refractivity contribution in [1.82, 2.24) is 5.32 Å². The summed E-state index contributed by atoms with van der Waals surface area (Å²) in [7, 11) is 0. The normalized spacial score (nSPS) is 30.8. The minimum atomic E-state index is 0.0866. The predicted molar refractivity (Wildman–Crippen MR) is 64.9 cm³/mol. The first-order chi connectivity index (χ1) is 7.77. The Morgan fingerprint density at radius 3 is 2.50 bits per heavy atom. The van der Waals surface area contributed by atoms with Crippen LogP contribution in [0.25, 0.3) is 0 Å². The molecule has 92 valence electrons. The van der Waals surface area contributed by atoms with E-state index >= 15 is 0 Å². The second-order valence-electron chi connectivity index (χ2n) is 5.43. The fraction of sp³-hybridized carbons (Fsp3) is 0.923. The van der Waals surface area contributed by atoms with Gasteiger partial charge in [0.25, 0.3) is 0 Å². The fourth-order valence-electron chi connectivity index (χ4n) is 3.14. The van der Waals surface area contributed by atoms with E-state index in [9.17, 15) is 4.79 Å². The molecule has 2 fully saturated rings. The van der Waals surface area contributed by atoms with Gasteiger partial charge in [0, 0.05) is 12.6 Å². The van der Waals surface area contributed by atoms with Crippen LogP contribution in [0, 0.1) is 11.8 Å². The molecule has 2 aliphatic rings. The number of rotatable bonds is 4. The fourth-order valence-corrected chi connectivity index (χ4v) is 3.14. The molecule has 2 aliphatic carbocycles. The van der Waals surface area contributed by atoms with Gasteiger partial charge in [0.2, 0.25) is 5.91 Å². The highest BCUT2D eigenvalue weighted by Gasteiger charge is 2.29. The van der Waals surface area contributed by atoms with E-state index in [2.05, 4.69) is 5.32 Å². The summed E-state index contributed by atoms with van der Waals surface area (Å²) in [5.74, 6) is 1.14. The van der Waals surface area contributed by atoms with Gasteiger partial charge >= 0.3 is 0 Å². The van der Waals surface area contributed by atoms with Crippen molar-refractivity contribution < 1.29 is 4.79 Å². The Bertz CT molecular complexity index is 236. The Morgan fingerprint density at radius 2 is 1.88 bits per heavy atom. The molecule has 0 radical (unpaired) electrons. The zero-order valence-corrected chi connectivity index (χ0v) is 10.1. The molecule has 0 aromatic rings. The highest BCUT2D eigenvalue weighted by atomic mass is 16.1. The van der Waals surface area contributed by atoms with E-state index in [0.29, 0.717) is 0 Å². The van der Waals surface area contributed by atoms with Crippen LogP contribution in [-0.4, -0.2) is 18.5 Å². The molecule has 0 bridgehead atoms. The van der Waals surface area contributed by atoms with Crippen LogP contribution < -0.4 is 11.1 Å². The van der Waals surface area contributed by atoms with E-state index in [1.807, 2.05) is 0 Å². The average molecular weight is 224 g/mol. The minimum Gasteiger partial charge on any atom is -0.356 e. The maximum atomic E-state index is 11.8. The smallest absolute Gasteiger partial charge is 0.224 e. The van der Waals surface area contributed by atoms with Crippen LogP contribution >= 0.6 is 0 Å². The molecule has 3 nitrogen and oxygen atoms in total. The largest absolute Gasteiger partial charge is 0.356 e. The number of hydrogen-bond acceptors (Lipinski definition) is 2. The SMILES string of the molecule is NC1CCCC1C(=O)NCCC1CCCC1. The summed E-state index contributed by atoms with van der Waals surface area (Å²) in [6.07, 6.45) is 9.75. The van der Waals surface area contributed by atoms with Gasteiger partial charge in [0.15, 0.2) is 0 Å². The lowest BCUT2D eigenvalue weighted by Crippen LogP contribution is -2.39. The van der Waals surface area contributed by atoms with Crippen molar-refractivity contribution >= 4 is 5.91 Å². The van der Waals surface area contributed by atoms with Gasteiger partial charge in [-0.05, 0) is 25.2 Å². The van der Waals surface area contributed by atoms with Crippen LogP contribution in [0.2, 0.25) is 0 Å². The second kappa shape index (κ2) is 5.67. The summed E-state index contributed by atoms with van der Waals surface area (Å²) >= 11 is 0. The first-order valence-electron chi connectivity index (χ1n) is 6.80. The van der Waals surface area contributed by atoms with E-state index in [1.54, 1.807) is 0 Å². The molecule has 0 spiro atoms. The molecule has 0 aromatic carbocycles. The summed E-state index contributed by atoms with van der Waals surface area (Å²) in [5, 5.41) is 3.06. The molecular formula is C13H24N2O. The molecule has 2 unspecified atom stereocenters. The van der Waals surface area contributed by atoms with Crippen molar-refractivity contribution in [3.05, 3.63) is 0 Å². The summed E-state index contributed by atoms with van der Waals surface area (Å²) in [4.78, 5) is 11.8. The third-order valence-corrected chi connectivity index (χ3v) is 4.23. The topological polar surface area (TPSA) is 55.1 Å². The van der Waals surface area contributed by atoms with Gasteiger partial charge in [-0.2, -0.15) is 0 Å². The quantitative estimate of drug-likeness (QED) is 0.765. The van der Waals surface area contributed by atoms with Crippen molar-refractivity contribution in [2.75, 3.05) is 6.54 Å². The molecule has 0 heterocycles. The third-order valence-electron chi connectivity index (χ3n) is 4.23. The lowest BCUT2D eigenvalue weighted by molar-refractivity contribution is -0.125. The van der Waals surface area contributed by atoms with E-state index in [4.69, 9.17) is 5.73 Å². The van der Waals surface area contributed by atoms with Gasteiger partial charge in [0.05, 0.1) is 5.92 Å². The summed E-state index contributed by atoms with van der Waals surface area (Å²) < 4.78 is 0. The van der Waals surface area contributed by atoms with Gasteiger partial charge in [-0.25, -0.2) is 0 Å². The maximum Gasteiger partial charge on any atom is 0.224 e. The number of nitrogens with two attached hydrogens (primary N) is 1. The van der Waals surface area contributed by atoms with Crippen molar-refractivity contribution in [2.45, 2.75) is 57.4 Å². The van der Waals surface area contributed by atoms with Crippen LogP contribution in [0.4, 0.5) is 0 Å². The molecule has 0 saturated heterocycles. The molecule has 1 amide bonds. The van der Waals surface area contributed by atoms with E-state index in [0.717, 1.165) is 38.1 Å². The van der Waals surface area contributed by atoms with Crippen molar-refractivity contribution in [3.8, 4) is 0 Å². The van der Waals surface area contributed by atoms with Crippen LogP contribution in [-0.2, 0) is 4.79 Å². The minimum absolute atomic E-state index is 0.0866. The highest BCUT2D eigenvalue weighted by molar-refractivity contribution is 5.79. The molecular weight excluding hydrogens is 200 g/mol. The van der Waals surface area contributed by atoms with Gasteiger partial charge < -0.3 is 11.1 Å². The lowest BCUT2D eigenvalue weighted by Gasteiger charge is -2.16. The Labute approximate surface area is 98.2 Å². The lowest BCUT2D eigenvalue weighted by atomic mass is 10.0. The second-order valence-corrected chi connectivity index (χ2v) is 5.43. The average Bonchev–Trinajstić information content (AvgIpc) is 2.88. The molecule has 2 saturated carbocycles. The van der Waals surface area contributed by atoms with Crippen LogP contribution in [0.3, 0.4) is 0 Å². The van der Waals surface area contributed by atoms with Crippen molar-refractivity contribution in [2.24, 2.45) is 17.6 Å². The first-order valence-corrected chi connectivity index (χ1v) is 6.80. The van der Waals surface area contributed by atoms with Gasteiger partial charge in [-0.1, -0.05) is 32.1 Å². The highest BCUT2D eigenvalue weighted by Crippen LogP contribution is 2.27. The molecule has 0 aromatic heterocycles. The Morgan fingerprint density at radius 1 is 1.12 bits per heavy atom. The van der Waals surface area contributed by atoms with Gasteiger partial charge in [-0.3, -0.25) is 4.79 Å². The molecule has 16 heavy (non-hydrogen) atoms. The van der Waals surface area contributed by atoms with Crippen molar-refractivity contribution in [3.63, 3.8) is 0 Å². The predicted octanol–water partition coefficient (Wildman–Crippen LogP) is 1.81. The van der Waals surface area contributed by atoms with Crippen LogP contribution in [0.5, 0.6) is 0 Å². The molecule has 3 heteroatoms. The summed E-state index contributed by atoms with van der Waals surface area (Å²) in [6.45, 7) is 0.854. The van der Waals surface area contributed by atoms with Crippen LogP contribution in [0.15, 0.2) is 0 Å². The third kappa shape index (κ3) is 2.97. The van der Waals surface area contributed by atoms with E-state index < -0.39 is 0 Å². The molecule has 2 atom stereocenters. The van der Waals surface area contributed by atoms with Crippen LogP contribution in [0.1, 0.15) is 51.4 Å². The summed E-state index contributed by atoms with van der Waals surface area (Å²) in [6, 6.07) is 0.103. The molecule has 0 aliphatic heterocycles. The van der Waals surface area contributed by atoms with Gasteiger partial charge in [-0.15, -0.1) is 0 Å². The first kappa shape index (κ1) is 11.9. The summed E-state index contributed by atoms with van der Waals surface area (Å²) in [5.41, 5.74) is 5.91. The van der Waals surface area contributed by atoms with E-state index in [1.165, 1.54) is 25.7 Å². The number of nitrogens with one attached hydrogen (secondary N) is 1. The number of carbonyl (C=O) groups is 1. The number of hydrogen-bond donors (Lipinski definition) is 2. The molecule has 2 rings (SSSR count).